The van der Waals surface area contributed by atoms with Crippen LogP contribution in [0.2, 0.25) is 0 Å². The zero-order chi connectivity index (χ0) is 11.8. The fourth-order valence-electron chi connectivity index (χ4n) is 2.14. The van der Waals surface area contributed by atoms with Gasteiger partial charge in [-0.05, 0) is 12.8 Å². The van der Waals surface area contributed by atoms with Crippen molar-refractivity contribution >= 4 is 23.6 Å². The minimum absolute atomic E-state index is 0.0132. The van der Waals surface area contributed by atoms with Gasteiger partial charge < -0.3 is 9.73 Å². The number of oxazole rings is 1. The number of nitrogens with zero attached hydrogens (tertiary/aromatic N) is 2. The lowest BCUT2D eigenvalue weighted by Crippen LogP contribution is -2.39. The Morgan fingerprint density at radius 3 is 2.94 bits per heavy atom. The van der Waals surface area contributed by atoms with Gasteiger partial charge in [0.05, 0.1) is 6.42 Å². The molecule has 1 saturated heterocycles. The van der Waals surface area contributed by atoms with Crippen molar-refractivity contribution in [2.75, 3.05) is 23.3 Å². The number of piperidine rings is 1. The molecular formula is C11H13N3O3. The van der Waals surface area contributed by atoms with Gasteiger partial charge in [-0.3, -0.25) is 14.5 Å². The van der Waals surface area contributed by atoms with Crippen LogP contribution in [0.15, 0.2) is 4.42 Å². The second-order valence-corrected chi connectivity index (χ2v) is 4.31. The first kappa shape index (κ1) is 10.3. The Balaban J connectivity index is 1.86. The van der Waals surface area contributed by atoms with Crippen LogP contribution in [0.4, 0.5) is 11.9 Å². The molecule has 1 aromatic rings. The topological polar surface area (TPSA) is 75.4 Å². The Bertz CT molecular complexity index is 457. The Kier molecular flexibility index (Phi) is 2.35. The summed E-state index contributed by atoms with van der Waals surface area (Å²) in [6.07, 6.45) is 2.23. The lowest BCUT2D eigenvalue weighted by atomic mass is 10.1. The van der Waals surface area contributed by atoms with Crippen molar-refractivity contribution in [2.45, 2.75) is 25.7 Å². The lowest BCUT2D eigenvalue weighted by Gasteiger charge is -2.21. The number of aromatic nitrogens is 1. The maximum atomic E-state index is 11.7. The van der Waals surface area contributed by atoms with Gasteiger partial charge in [-0.15, -0.1) is 0 Å². The highest BCUT2D eigenvalue weighted by Crippen LogP contribution is 2.28. The number of fused-ring (bicyclic) bond motifs is 1. The Hall–Kier alpha value is -1.85. The molecule has 1 N–H and O–H groups in total. The fourth-order valence-corrected chi connectivity index (χ4v) is 2.14. The normalized spacial score (nSPS) is 20.1. The van der Waals surface area contributed by atoms with Crippen molar-refractivity contribution in [2.24, 2.45) is 0 Å². The summed E-state index contributed by atoms with van der Waals surface area (Å²) in [5, 5.41) is 3.11. The molecule has 3 rings (SSSR count). The molecule has 3 heterocycles. The van der Waals surface area contributed by atoms with Gasteiger partial charge in [0.25, 0.3) is 0 Å². The summed E-state index contributed by atoms with van der Waals surface area (Å²) in [6.45, 7) is 1.24. The number of anilines is 2. The largest absolute Gasteiger partial charge is 0.407 e. The van der Waals surface area contributed by atoms with E-state index in [4.69, 9.17) is 4.42 Å². The van der Waals surface area contributed by atoms with Crippen LogP contribution in [0.1, 0.15) is 25.0 Å². The van der Waals surface area contributed by atoms with E-state index >= 15 is 0 Å². The van der Waals surface area contributed by atoms with E-state index in [1.54, 1.807) is 0 Å². The average Bonchev–Trinajstić information content (AvgIpc) is 2.72. The second kappa shape index (κ2) is 3.87. The van der Waals surface area contributed by atoms with E-state index in [9.17, 15) is 9.59 Å². The number of hydrogen-bond acceptors (Lipinski definition) is 5. The number of nitrogens with one attached hydrogen (secondary N) is 1. The van der Waals surface area contributed by atoms with Crippen molar-refractivity contribution in [3.63, 3.8) is 0 Å². The van der Waals surface area contributed by atoms with Gasteiger partial charge in [0.15, 0.2) is 0 Å². The highest BCUT2D eigenvalue weighted by Gasteiger charge is 2.29. The maximum absolute atomic E-state index is 11.7. The van der Waals surface area contributed by atoms with E-state index in [0.29, 0.717) is 24.9 Å². The molecule has 6 nitrogen and oxygen atoms in total. The number of rotatable bonds is 1. The predicted octanol–water partition coefficient (Wildman–Crippen LogP) is 0.729. The molecule has 0 spiro atoms. The van der Waals surface area contributed by atoms with Crippen LogP contribution in [0.3, 0.4) is 0 Å². The summed E-state index contributed by atoms with van der Waals surface area (Å²) < 4.78 is 5.52. The first-order valence-electron chi connectivity index (χ1n) is 5.79. The van der Waals surface area contributed by atoms with E-state index in [2.05, 4.69) is 10.3 Å². The van der Waals surface area contributed by atoms with Gasteiger partial charge >= 0.3 is 6.01 Å². The Morgan fingerprint density at radius 1 is 1.29 bits per heavy atom. The Labute approximate surface area is 98.0 Å². The zero-order valence-electron chi connectivity index (χ0n) is 9.36. The molecule has 6 heteroatoms. The molecule has 0 bridgehead atoms. The summed E-state index contributed by atoms with van der Waals surface area (Å²) in [5.74, 6) is 0.427. The molecule has 0 radical (unpaired) electrons. The number of Topliss-reactive ketones (excluding diaryl/α,β-unsaturated/α-hetero) is 1. The average molecular weight is 235 g/mol. The van der Waals surface area contributed by atoms with Gasteiger partial charge in [-0.1, -0.05) is 0 Å². The Morgan fingerprint density at radius 2 is 2.18 bits per heavy atom. The van der Waals surface area contributed by atoms with Crippen LogP contribution in [0, 0.1) is 0 Å². The van der Waals surface area contributed by atoms with E-state index in [0.717, 1.165) is 25.1 Å². The number of aryl methyl sites for hydroxylation is 1. The van der Waals surface area contributed by atoms with Gasteiger partial charge in [0, 0.05) is 19.5 Å². The van der Waals surface area contributed by atoms with Crippen molar-refractivity contribution < 1.29 is 14.0 Å². The molecule has 0 saturated carbocycles. The van der Waals surface area contributed by atoms with Gasteiger partial charge in [0.1, 0.15) is 11.5 Å². The van der Waals surface area contributed by atoms with Gasteiger partial charge in [-0.25, -0.2) is 0 Å². The van der Waals surface area contributed by atoms with Gasteiger partial charge in [-0.2, -0.15) is 4.98 Å². The smallest absolute Gasteiger partial charge is 0.306 e. The minimum Gasteiger partial charge on any atom is -0.407 e. The predicted molar refractivity (Wildman–Crippen MR) is 59.9 cm³/mol. The standard InChI is InChI=1S/C11H13N3O3/c15-7-3-5-14(9(16)6-7)11-13-8-2-1-4-12-10(8)17-11/h12H,1-6H2. The van der Waals surface area contributed by atoms with Gasteiger partial charge in [0.2, 0.25) is 11.8 Å². The molecule has 0 unspecified atom stereocenters. The van der Waals surface area contributed by atoms with Crippen molar-refractivity contribution in [1.29, 1.82) is 0 Å². The monoisotopic (exact) mass is 235 g/mol. The summed E-state index contributed by atoms with van der Waals surface area (Å²) in [5.41, 5.74) is 0.871. The third kappa shape index (κ3) is 1.79. The van der Waals surface area contributed by atoms with Crippen LogP contribution in [0.5, 0.6) is 0 Å². The van der Waals surface area contributed by atoms with Crippen molar-refractivity contribution in [3.8, 4) is 0 Å². The molecule has 1 aromatic heterocycles. The second-order valence-electron chi connectivity index (χ2n) is 4.31. The summed E-state index contributed by atoms with van der Waals surface area (Å²) in [6, 6.07) is 0.321. The molecule has 1 amide bonds. The van der Waals surface area contributed by atoms with Crippen molar-refractivity contribution in [3.05, 3.63) is 5.69 Å². The number of amides is 1. The highest BCUT2D eigenvalue weighted by atomic mass is 16.4. The SMILES string of the molecule is O=C1CCN(c2nc3c(o2)NCCC3)C(=O)C1. The molecule has 0 aliphatic carbocycles. The third-order valence-electron chi connectivity index (χ3n) is 3.06. The van der Waals surface area contributed by atoms with E-state index in [1.807, 2.05) is 0 Å². The maximum Gasteiger partial charge on any atom is 0.306 e. The van der Waals surface area contributed by atoms with Crippen LogP contribution in [0.25, 0.3) is 0 Å². The molecule has 0 aromatic carbocycles. The summed E-state index contributed by atoms with van der Waals surface area (Å²) in [4.78, 5) is 28.6. The van der Waals surface area contributed by atoms with E-state index in [1.165, 1.54) is 4.90 Å². The minimum atomic E-state index is -0.222. The molecule has 2 aliphatic rings. The van der Waals surface area contributed by atoms with Crippen LogP contribution in [-0.4, -0.2) is 29.8 Å². The number of carbonyl (C=O) groups excluding carboxylic acids is 2. The van der Waals surface area contributed by atoms with Crippen molar-refractivity contribution in [1.82, 2.24) is 4.98 Å². The number of ketones is 1. The summed E-state index contributed by atoms with van der Waals surface area (Å²) in [7, 11) is 0. The molecule has 0 atom stereocenters. The molecule has 90 valence electrons. The number of hydrogen-bond donors (Lipinski definition) is 1. The number of carbonyl (C=O) groups is 2. The van der Waals surface area contributed by atoms with E-state index in [-0.39, 0.29) is 18.1 Å². The van der Waals surface area contributed by atoms with Crippen LogP contribution < -0.4 is 10.2 Å². The van der Waals surface area contributed by atoms with Crippen LogP contribution in [-0.2, 0) is 16.0 Å². The molecule has 1 fully saturated rings. The third-order valence-corrected chi connectivity index (χ3v) is 3.06. The first-order chi connectivity index (χ1) is 8.24. The van der Waals surface area contributed by atoms with Crippen LogP contribution >= 0.6 is 0 Å². The highest BCUT2D eigenvalue weighted by molar-refractivity contribution is 6.07. The quantitative estimate of drug-likeness (QED) is 0.726. The first-order valence-corrected chi connectivity index (χ1v) is 5.79. The van der Waals surface area contributed by atoms with E-state index < -0.39 is 0 Å². The zero-order valence-corrected chi connectivity index (χ0v) is 9.36. The molecular weight excluding hydrogens is 222 g/mol. The lowest BCUT2D eigenvalue weighted by molar-refractivity contribution is -0.128. The molecule has 17 heavy (non-hydrogen) atoms. The summed E-state index contributed by atoms with van der Waals surface area (Å²) >= 11 is 0. The molecule has 2 aliphatic heterocycles. The fraction of sp³-hybridized carbons (Fsp3) is 0.545.